The van der Waals surface area contributed by atoms with Crippen molar-refractivity contribution in [3.05, 3.63) is 22.4 Å². The molecule has 0 aromatic carbocycles. The number of rotatable bonds is 3. The molecule has 0 spiro atoms. The third kappa shape index (κ3) is 1.96. The summed E-state index contributed by atoms with van der Waals surface area (Å²) < 4.78 is 4.93. The van der Waals surface area contributed by atoms with E-state index in [4.69, 9.17) is 4.74 Å². The second kappa shape index (κ2) is 4.11. The van der Waals surface area contributed by atoms with Crippen LogP contribution < -0.4 is 0 Å². The summed E-state index contributed by atoms with van der Waals surface area (Å²) in [5, 5.41) is 11.4. The van der Waals surface area contributed by atoms with Gasteiger partial charge in [0.2, 0.25) is 6.29 Å². The first-order valence-corrected chi connectivity index (χ1v) is 5.57. The summed E-state index contributed by atoms with van der Waals surface area (Å²) in [5.74, 6) is -0.248. The molecule has 0 radical (unpaired) electrons. The van der Waals surface area contributed by atoms with Gasteiger partial charge in [-0.05, 0) is 24.3 Å². The second-order valence-corrected chi connectivity index (χ2v) is 4.41. The Labute approximate surface area is 86.3 Å². The number of aliphatic hydroxyl groups excluding tert-OH is 1. The molecular formula is C10H12O3S. The summed E-state index contributed by atoms with van der Waals surface area (Å²) in [6.45, 7) is 0. The molecule has 0 amide bonds. The van der Waals surface area contributed by atoms with Crippen LogP contribution in [0.5, 0.6) is 0 Å². The van der Waals surface area contributed by atoms with Crippen molar-refractivity contribution >= 4 is 17.3 Å². The fourth-order valence-corrected chi connectivity index (χ4v) is 1.98. The highest BCUT2D eigenvalue weighted by atomic mass is 32.1. The molecule has 4 heteroatoms. The molecule has 0 bridgehead atoms. The van der Waals surface area contributed by atoms with Crippen LogP contribution in [-0.4, -0.2) is 11.1 Å². The first-order chi connectivity index (χ1) is 6.77. The topological polar surface area (TPSA) is 46.5 Å². The zero-order chi connectivity index (χ0) is 9.97. The van der Waals surface area contributed by atoms with Crippen molar-refractivity contribution in [3.63, 3.8) is 0 Å². The van der Waals surface area contributed by atoms with E-state index in [1.165, 1.54) is 11.3 Å². The van der Waals surface area contributed by atoms with E-state index < -0.39 is 6.29 Å². The third-order valence-corrected chi connectivity index (χ3v) is 3.36. The fourth-order valence-electron chi connectivity index (χ4n) is 1.34. The molecule has 1 unspecified atom stereocenters. The lowest BCUT2D eigenvalue weighted by Crippen LogP contribution is -2.25. The van der Waals surface area contributed by atoms with Gasteiger partial charge in [-0.25, -0.2) is 0 Å². The molecule has 1 aromatic heterocycles. The molecule has 1 aromatic rings. The fraction of sp³-hybridized carbons (Fsp3) is 0.500. The van der Waals surface area contributed by atoms with Gasteiger partial charge in [-0.3, -0.25) is 4.79 Å². The molecule has 1 aliphatic carbocycles. The summed E-state index contributed by atoms with van der Waals surface area (Å²) in [4.78, 5) is 12.0. The number of hydrogen-bond acceptors (Lipinski definition) is 4. The Morgan fingerprint density at radius 2 is 2.43 bits per heavy atom. The Kier molecular flexibility index (Phi) is 2.84. The first kappa shape index (κ1) is 9.68. The lowest BCUT2D eigenvalue weighted by molar-refractivity contribution is -0.176. The summed E-state index contributed by atoms with van der Waals surface area (Å²) in [6.07, 6.45) is 1.81. The molecule has 76 valence electrons. The molecule has 2 rings (SSSR count). The van der Waals surface area contributed by atoms with E-state index in [9.17, 15) is 9.90 Å². The monoisotopic (exact) mass is 212 g/mol. The number of ether oxygens (including phenoxy) is 1. The minimum Gasteiger partial charge on any atom is -0.430 e. The lowest BCUT2D eigenvalue weighted by atomic mass is 9.86. The molecule has 1 N–H and O–H groups in total. The number of aliphatic hydroxyl groups is 1. The molecule has 0 aliphatic heterocycles. The van der Waals surface area contributed by atoms with Crippen LogP contribution in [0.25, 0.3) is 0 Å². The van der Waals surface area contributed by atoms with Crippen LogP contribution in [-0.2, 0) is 9.53 Å². The highest BCUT2D eigenvalue weighted by Gasteiger charge is 2.28. The molecule has 1 saturated carbocycles. The zero-order valence-electron chi connectivity index (χ0n) is 7.68. The van der Waals surface area contributed by atoms with Gasteiger partial charge in [0.25, 0.3) is 0 Å². The van der Waals surface area contributed by atoms with Crippen LogP contribution >= 0.6 is 11.3 Å². The van der Waals surface area contributed by atoms with E-state index in [2.05, 4.69) is 0 Å². The van der Waals surface area contributed by atoms with Gasteiger partial charge in [-0.15, -0.1) is 11.3 Å². The Balaban J connectivity index is 1.87. The van der Waals surface area contributed by atoms with Crippen LogP contribution in [0.4, 0.5) is 0 Å². The van der Waals surface area contributed by atoms with Crippen LogP contribution in [0.2, 0.25) is 0 Å². The van der Waals surface area contributed by atoms with Crippen molar-refractivity contribution in [2.24, 2.45) is 5.92 Å². The number of thiophene rings is 1. The molecule has 1 heterocycles. The zero-order valence-corrected chi connectivity index (χ0v) is 8.50. The number of esters is 1. The summed E-state index contributed by atoms with van der Waals surface area (Å²) in [6, 6.07) is 3.57. The van der Waals surface area contributed by atoms with Gasteiger partial charge in [-0.2, -0.15) is 0 Å². The van der Waals surface area contributed by atoms with E-state index in [-0.39, 0.29) is 11.9 Å². The smallest absolute Gasteiger partial charge is 0.311 e. The van der Waals surface area contributed by atoms with E-state index >= 15 is 0 Å². The second-order valence-electron chi connectivity index (χ2n) is 3.43. The van der Waals surface area contributed by atoms with Crippen molar-refractivity contribution in [2.45, 2.75) is 25.6 Å². The Bertz CT molecular complexity index is 303. The van der Waals surface area contributed by atoms with Crippen LogP contribution in [0.15, 0.2) is 17.5 Å². The van der Waals surface area contributed by atoms with E-state index in [1.54, 1.807) is 6.07 Å². The average molecular weight is 212 g/mol. The van der Waals surface area contributed by atoms with Crippen LogP contribution in [0.3, 0.4) is 0 Å². The maximum absolute atomic E-state index is 11.4. The van der Waals surface area contributed by atoms with Gasteiger partial charge in [-0.1, -0.05) is 12.5 Å². The van der Waals surface area contributed by atoms with Gasteiger partial charge in [0.1, 0.15) is 0 Å². The summed E-state index contributed by atoms with van der Waals surface area (Å²) >= 11 is 1.38. The van der Waals surface area contributed by atoms with Gasteiger partial charge in [0.05, 0.1) is 10.8 Å². The maximum atomic E-state index is 11.4. The van der Waals surface area contributed by atoms with Crippen molar-refractivity contribution in [1.29, 1.82) is 0 Å². The highest BCUT2D eigenvalue weighted by molar-refractivity contribution is 7.10. The molecule has 1 aliphatic rings. The molecular weight excluding hydrogens is 200 g/mol. The van der Waals surface area contributed by atoms with Gasteiger partial charge in [0.15, 0.2) is 0 Å². The highest BCUT2D eigenvalue weighted by Crippen LogP contribution is 2.29. The largest absolute Gasteiger partial charge is 0.430 e. The predicted octanol–water partition coefficient (Wildman–Crippen LogP) is 2.08. The Hall–Kier alpha value is -0.870. The van der Waals surface area contributed by atoms with Crippen molar-refractivity contribution in [1.82, 2.24) is 0 Å². The van der Waals surface area contributed by atoms with Gasteiger partial charge < -0.3 is 9.84 Å². The quantitative estimate of drug-likeness (QED) is 0.616. The minimum atomic E-state index is -1.08. The predicted molar refractivity (Wildman–Crippen MR) is 52.7 cm³/mol. The lowest BCUT2D eigenvalue weighted by Gasteiger charge is -2.24. The first-order valence-electron chi connectivity index (χ1n) is 4.69. The van der Waals surface area contributed by atoms with Gasteiger partial charge >= 0.3 is 5.97 Å². The summed E-state index contributed by atoms with van der Waals surface area (Å²) in [5.41, 5.74) is 0. The van der Waals surface area contributed by atoms with E-state index in [0.29, 0.717) is 4.88 Å². The van der Waals surface area contributed by atoms with Crippen LogP contribution in [0, 0.1) is 5.92 Å². The SMILES string of the molecule is O=C(OC(O)c1cccs1)C1CCC1. The van der Waals surface area contributed by atoms with E-state index in [0.717, 1.165) is 19.3 Å². The third-order valence-electron chi connectivity index (χ3n) is 2.45. The normalized spacial score (nSPS) is 18.6. The number of hydrogen-bond donors (Lipinski definition) is 1. The van der Waals surface area contributed by atoms with Crippen molar-refractivity contribution in [3.8, 4) is 0 Å². The van der Waals surface area contributed by atoms with E-state index in [1.807, 2.05) is 11.4 Å². The average Bonchev–Trinajstić information content (AvgIpc) is 2.51. The van der Waals surface area contributed by atoms with Crippen molar-refractivity contribution < 1.29 is 14.6 Å². The van der Waals surface area contributed by atoms with Crippen LogP contribution in [0.1, 0.15) is 30.4 Å². The standard InChI is InChI=1S/C10H12O3S/c11-9(7-3-1-4-7)13-10(12)8-5-2-6-14-8/h2,5-7,10,12H,1,3-4H2. The Morgan fingerprint density at radius 1 is 1.64 bits per heavy atom. The Morgan fingerprint density at radius 3 is 2.93 bits per heavy atom. The minimum absolute atomic E-state index is 0.0182. The van der Waals surface area contributed by atoms with Crippen molar-refractivity contribution in [2.75, 3.05) is 0 Å². The number of carbonyl (C=O) groups excluding carboxylic acids is 1. The molecule has 1 fully saturated rings. The molecule has 3 nitrogen and oxygen atoms in total. The molecule has 1 atom stereocenters. The maximum Gasteiger partial charge on any atom is 0.311 e. The summed E-state index contributed by atoms with van der Waals surface area (Å²) in [7, 11) is 0. The molecule has 14 heavy (non-hydrogen) atoms. The molecule has 0 saturated heterocycles. The van der Waals surface area contributed by atoms with Gasteiger partial charge in [0, 0.05) is 0 Å². The number of carbonyl (C=O) groups is 1.